The zero-order chi connectivity index (χ0) is 24.7. The summed E-state index contributed by atoms with van der Waals surface area (Å²) in [7, 11) is 3.43. The maximum atomic E-state index is 5.68. The molecule has 0 aromatic heterocycles. The van der Waals surface area contributed by atoms with Crippen LogP contribution >= 0.6 is 12.2 Å². The van der Waals surface area contributed by atoms with Crippen molar-refractivity contribution in [2.45, 2.75) is 75.9 Å². The zero-order valence-electron chi connectivity index (χ0n) is 21.5. The van der Waals surface area contributed by atoms with Gasteiger partial charge in [0, 0.05) is 24.0 Å². The van der Waals surface area contributed by atoms with Gasteiger partial charge in [-0.15, -0.1) is 0 Å². The van der Waals surface area contributed by atoms with Crippen molar-refractivity contribution in [2.75, 3.05) is 27.3 Å². The van der Waals surface area contributed by atoms with Gasteiger partial charge in [-0.1, -0.05) is 56.2 Å². The lowest BCUT2D eigenvalue weighted by atomic mass is 9.65. The van der Waals surface area contributed by atoms with E-state index >= 15 is 0 Å². The highest BCUT2D eigenvalue weighted by molar-refractivity contribution is 7.80. The number of nitrogens with zero attached hydrogens (tertiary/aromatic N) is 1. The molecule has 0 radical (unpaired) electrons. The first-order valence-electron chi connectivity index (χ1n) is 13.1. The Morgan fingerprint density at radius 3 is 2.60 bits per heavy atom. The van der Waals surface area contributed by atoms with Crippen LogP contribution in [-0.2, 0) is 12.0 Å². The molecule has 2 aromatic rings. The minimum atomic E-state index is 0.156. The molecule has 1 saturated carbocycles. The van der Waals surface area contributed by atoms with Gasteiger partial charge in [0.15, 0.2) is 16.6 Å². The number of rotatable bonds is 10. The topological polar surface area (TPSA) is 45.8 Å². The largest absolute Gasteiger partial charge is 0.493 e. The minimum absolute atomic E-state index is 0.156. The molecule has 35 heavy (non-hydrogen) atoms. The van der Waals surface area contributed by atoms with Crippen LogP contribution in [0.5, 0.6) is 11.5 Å². The van der Waals surface area contributed by atoms with E-state index in [0.717, 1.165) is 49.0 Å². The van der Waals surface area contributed by atoms with Gasteiger partial charge in [-0.2, -0.15) is 0 Å². The van der Waals surface area contributed by atoms with Crippen LogP contribution in [0.15, 0.2) is 48.5 Å². The Bertz CT molecular complexity index is 970. The van der Waals surface area contributed by atoms with Crippen molar-refractivity contribution in [1.82, 2.24) is 15.5 Å². The van der Waals surface area contributed by atoms with Gasteiger partial charge < -0.3 is 20.1 Å². The molecule has 2 aromatic carbocycles. The normalized spacial score (nSPS) is 24.0. The molecule has 3 atom stereocenters. The third kappa shape index (κ3) is 5.92. The quantitative estimate of drug-likeness (QED) is 0.339. The molecule has 190 valence electrons. The van der Waals surface area contributed by atoms with E-state index in [2.05, 4.69) is 64.9 Å². The lowest BCUT2D eigenvalue weighted by molar-refractivity contribution is 0.138. The SMILES string of the molecule is CCCCCN1CC[C@]2(c3ccc(OC)c(OC)c3)CC[C@H](NC(=S)NCc3ccccc3)C[C@@H]12. The summed E-state index contributed by atoms with van der Waals surface area (Å²) in [6.45, 7) is 5.37. The second kappa shape index (κ2) is 12.1. The first-order chi connectivity index (χ1) is 17.1. The first-order valence-corrected chi connectivity index (χ1v) is 13.5. The monoisotopic (exact) mass is 495 g/mol. The van der Waals surface area contributed by atoms with Crippen molar-refractivity contribution < 1.29 is 9.47 Å². The smallest absolute Gasteiger partial charge is 0.166 e. The number of nitrogens with one attached hydrogen (secondary N) is 2. The predicted molar refractivity (Wildman–Crippen MR) is 147 cm³/mol. The van der Waals surface area contributed by atoms with Crippen molar-refractivity contribution in [1.29, 1.82) is 0 Å². The van der Waals surface area contributed by atoms with Gasteiger partial charge in [-0.25, -0.2) is 0 Å². The molecule has 6 heteroatoms. The van der Waals surface area contributed by atoms with Crippen LogP contribution in [0.1, 0.15) is 63.0 Å². The van der Waals surface area contributed by atoms with Crippen LogP contribution in [0.2, 0.25) is 0 Å². The van der Waals surface area contributed by atoms with E-state index in [9.17, 15) is 0 Å². The van der Waals surface area contributed by atoms with Crippen LogP contribution in [0.4, 0.5) is 0 Å². The number of thiocarbonyl (C=S) groups is 1. The molecule has 2 N–H and O–H groups in total. The van der Waals surface area contributed by atoms with Gasteiger partial charge in [-0.3, -0.25) is 4.90 Å². The summed E-state index contributed by atoms with van der Waals surface area (Å²) < 4.78 is 11.2. The highest BCUT2D eigenvalue weighted by Gasteiger charge is 2.51. The second-order valence-electron chi connectivity index (χ2n) is 10.0. The van der Waals surface area contributed by atoms with Gasteiger partial charge in [0.05, 0.1) is 14.2 Å². The van der Waals surface area contributed by atoms with Gasteiger partial charge in [0.2, 0.25) is 0 Å². The summed E-state index contributed by atoms with van der Waals surface area (Å²) >= 11 is 5.68. The second-order valence-corrected chi connectivity index (χ2v) is 10.4. The van der Waals surface area contributed by atoms with Gasteiger partial charge >= 0.3 is 0 Å². The maximum Gasteiger partial charge on any atom is 0.166 e. The Hall–Kier alpha value is -2.31. The lowest BCUT2D eigenvalue weighted by Crippen LogP contribution is -2.53. The zero-order valence-corrected chi connectivity index (χ0v) is 22.3. The highest BCUT2D eigenvalue weighted by Crippen LogP contribution is 2.50. The molecule has 4 rings (SSSR count). The van der Waals surface area contributed by atoms with Crippen molar-refractivity contribution in [3.05, 3.63) is 59.7 Å². The Labute approximate surface area is 216 Å². The van der Waals surface area contributed by atoms with E-state index in [0.29, 0.717) is 12.1 Å². The molecular weight excluding hydrogens is 454 g/mol. The van der Waals surface area contributed by atoms with Crippen LogP contribution in [0.25, 0.3) is 0 Å². The number of unbranched alkanes of at least 4 members (excludes halogenated alkanes) is 2. The molecule has 0 bridgehead atoms. The van der Waals surface area contributed by atoms with Gasteiger partial charge in [-0.05, 0) is 80.7 Å². The van der Waals surface area contributed by atoms with E-state index in [1.807, 2.05) is 6.07 Å². The fourth-order valence-corrected chi connectivity index (χ4v) is 6.34. The van der Waals surface area contributed by atoms with Crippen molar-refractivity contribution in [3.63, 3.8) is 0 Å². The number of hydrogen-bond donors (Lipinski definition) is 2. The third-order valence-corrected chi connectivity index (χ3v) is 8.27. The fraction of sp³-hybridized carbons (Fsp3) is 0.552. The van der Waals surface area contributed by atoms with Gasteiger partial charge in [0.25, 0.3) is 0 Å². The summed E-state index contributed by atoms with van der Waals surface area (Å²) in [5, 5.41) is 7.81. The molecule has 0 spiro atoms. The van der Waals surface area contributed by atoms with Crippen LogP contribution in [0.3, 0.4) is 0 Å². The Morgan fingerprint density at radius 2 is 1.86 bits per heavy atom. The van der Waals surface area contributed by atoms with E-state index in [4.69, 9.17) is 21.7 Å². The molecule has 0 unspecified atom stereocenters. The lowest BCUT2D eigenvalue weighted by Gasteiger charge is -2.46. The summed E-state index contributed by atoms with van der Waals surface area (Å²) in [6.07, 6.45) is 8.38. The molecule has 5 nitrogen and oxygen atoms in total. The Balaban J connectivity index is 1.48. The van der Waals surface area contributed by atoms with Crippen molar-refractivity contribution in [3.8, 4) is 11.5 Å². The highest BCUT2D eigenvalue weighted by atomic mass is 32.1. The van der Waals surface area contributed by atoms with Gasteiger partial charge in [0.1, 0.15) is 0 Å². The number of hydrogen-bond acceptors (Lipinski definition) is 4. The maximum absolute atomic E-state index is 5.68. The van der Waals surface area contributed by atoms with E-state index < -0.39 is 0 Å². The molecule has 1 saturated heterocycles. The molecule has 1 aliphatic heterocycles. The van der Waals surface area contributed by atoms with E-state index in [1.165, 1.54) is 43.4 Å². The summed E-state index contributed by atoms with van der Waals surface area (Å²) in [5.74, 6) is 1.63. The molecule has 2 fully saturated rings. The number of fused-ring (bicyclic) bond motifs is 1. The molecule has 1 aliphatic carbocycles. The molecular formula is C29H41N3O2S. The number of benzene rings is 2. The first kappa shape index (κ1) is 25.8. The molecule has 0 amide bonds. The average Bonchev–Trinajstić information content (AvgIpc) is 3.26. The van der Waals surface area contributed by atoms with Crippen molar-refractivity contribution in [2.24, 2.45) is 0 Å². The Morgan fingerprint density at radius 1 is 1.06 bits per heavy atom. The summed E-state index contributed by atoms with van der Waals surface area (Å²) in [6, 6.07) is 17.9. The van der Waals surface area contributed by atoms with Crippen molar-refractivity contribution >= 4 is 17.3 Å². The summed E-state index contributed by atoms with van der Waals surface area (Å²) in [4.78, 5) is 2.75. The standard InChI is InChI=1S/C29H41N3O2S/c1-4-5-9-17-32-18-16-29(23-12-13-25(33-2)26(19-23)34-3)15-14-24(20-27(29)32)31-28(35)30-21-22-10-7-6-8-11-22/h6-8,10-13,19,24,27H,4-5,9,14-18,20-21H2,1-3H3,(H2,30,31,35)/t24-,27+,29-/m0/s1. The third-order valence-electron chi connectivity index (χ3n) is 8.01. The Kier molecular flexibility index (Phi) is 8.90. The molecule has 1 heterocycles. The van der Waals surface area contributed by atoms with E-state index in [-0.39, 0.29) is 5.41 Å². The average molecular weight is 496 g/mol. The predicted octanol–water partition coefficient (Wildman–Crippen LogP) is 5.42. The number of ether oxygens (including phenoxy) is 2. The number of methoxy groups -OCH3 is 2. The van der Waals surface area contributed by atoms with Crippen LogP contribution in [-0.4, -0.2) is 49.4 Å². The van der Waals surface area contributed by atoms with E-state index in [1.54, 1.807) is 14.2 Å². The number of likely N-dealkylation sites (tertiary alicyclic amines) is 1. The van der Waals surface area contributed by atoms with Crippen LogP contribution in [0, 0.1) is 0 Å². The summed E-state index contributed by atoms with van der Waals surface area (Å²) in [5.41, 5.74) is 2.79. The minimum Gasteiger partial charge on any atom is -0.493 e. The van der Waals surface area contributed by atoms with Crippen LogP contribution < -0.4 is 20.1 Å². The molecule has 2 aliphatic rings. The fourth-order valence-electron chi connectivity index (χ4n) is 6.11.